The van der Waals surface area contributed by atoms with E-state index in [2.05, 4.69) is 36.2 Å². The molecule has 0 fully saturated rings. The Hall–Kier alpha value is -1.75. The van der Waals surface area contributed by atoms with Gasteiger partial charge in [0, 0.05) is 5.54 Å². The molecule has 19 heavy (non-hydrogen) atoms. The standard InChI is InChI=1S/C14H19FN4/c1-14(2,3)17-8-13-16-10-19(18-13)9-11-4-6-12(15)7-5-11/h4-7,10,17H,8-9H2,1-3H3. The van der Waals surface area contributed by atoms with Crippen molar-refractivity contribution in [2.45, 2.75) is 39.4 Å². The maximum atomic E-state index is 12.8. The maximum Gasteiger partial charge on any atom is 0.164 e. The van der Waals surface area contributed by atoms with Gasteiger partial charge in [0.25, 0.3) is 0 Å². The van der Waals surface area contributed by atoms with Gasteiger partial charge in [0.1, 0.15) is 12.1 Å². The molecule has 0 amide bonds. The minimum atomic E-state index is -0.225. The molecule has 0 spiro atoms. The highest BCUT2D eigenvalue weighted by atomic mass is 19.1. The molecule has 0 bridgehead atoms. The third kappa shape index (κ3) is 4.44. The molecular formula is C14H19FN4. The molecule has 1 N–H and O–H groups in total. The van der Waals surface area contributed by atoms with Crippen LogP contribution in [0, 0.1) is 5.82 Å². The highest BCUT2D eigenvalue weighted by Crippen LogP contribution is 2.05. The van der Waals surface area contributed by atoms with Crippen molar-refractivity contribution in [2.24, 2.45) is 0 Å². The minimum absolute atomic E-state index is 0.0441. The Labute approximate surface area is 112 Å². The van der Waals surface area contributed by atoms with Gasteiger partial charge in [-0.2, -0.15) is 5.10 Å². The van der Waals surface area contributed by atoms with Crippen molar-refractivity contribution < 1.29 is 4.39 Å². The second-order valence-electron chi connectivity index (χ2n) is 5.59. The molecule has 102 valence electrons. The Morgan fingerprint density at radius 3 is 2.53 bits per heavy atom. The Kier molecular flexibility index (Phi) is 3.95. The molecule has 0 aliphatic heterocycles. The highest BCUT2D eigenvalue weighted by molar-refractivity contribution is 5.16. The van der Waals surface area contributed by atoms with Crippen molar-refractivity contribution >= 4 is 0 Å². The monoisotopic (exact) mass is 262 g/mol. The first-order chi connectivity index (χ1) is 8.92. The topological polar surface area (TPSA) is 42.7 Å². The summed E-state index contributed by atoms with van der Waals surface area (Å²) in [4.78, 5) is 4.25. The largest absolute Gasteiger partial charge is 0.305 e. The molecule has 0 saturated heterocycles. The van der Waals surface area contributed by atoms with Crippen LogP contribution in [0.15, 0.2) is 30.6 Å². The molecule has 0 saturated carbocycles. The second-order valence-corrected chi connectivity index (χ2v) is 5.59. The summed E-state index contributed by atoms with van der Waals surface area (Å²) in [6.07, 6.45) is 1.70. The minimum Gasteiger partial charge on any atom is -0.305 e. The van der Waals surface area contributed by atoms with Gasteiger partial charge in [0.2, 0.25) is 0 Å². The van der Waals surface area contributed by atoms with Gasteiger partial charge in [-0.1, -0.05) is 12.1 Å². The Morgan fingerprint density at radius 1 is 1.21 bits per heavy atom. The van der Waals surface area contributed by atoms with E-state index in [1.165, 1.54) is 12.1 Å². The molecule has 0 unspecified atom stereocenters. The molecule has 5 heteroatoms. The lowest BCUT2D eigenvalue weighted by Crippen LogP contribution is -2.35. The van der Waals surface area contributed by atoms with Gasteiger partial charge in [-0.05, 0) is 38.5 Å². The van der Waals surface area contributed by atoms with Gasteiger partial charge in [0.15, 0.2) is 5.82 Å². The van der Waals surface area contributed by atoms with E-state index in [-0.39, 0.29) is 11.4 Å². The predicted octanol–water partition coefficient (Wildman–Crippen LogP) is 2.35. The zero-order chi connectivity index (χ0) is 13.9. The van der Waals surface area contributed by atoms with Crippen LogP contribution in [0.3, 0.4) is 0 Å². The van der Waals surface area contributed by atoms with E-state index in [0.29, 0.717) is 13.1 Å². The van der Waals surface area contributed by atoms with Crippen LogP contribution in [0.4, 0.5) is 4.39 Å². The van der Waals surface area contributed by atoms with E-state index in [0.717, 1.165) is 11.4 Å². The average molecular weight is 262 g/mol. The van der Waals surface area contributed by atoms with E-state index in [1.807, 2.05) is 0 Å². The summed E-state index contributed by atoms with van der Waals surface area (Å²) in [5.74, 6) is 0.537. The molecule has 1 heterocycles. The van der Waals surface area contributed by atoms with Gasteiger partial charge in [0.05, 0.1) is 13.1 Å². The van der Waals surface area contributed by atoms with Crippen LogP contribution in [-0.4, -0.2) is 20.3 Å². The van der Waals surface area contributed by atoms with Crippen LogP contribution in [0.1, 0.15) is 32.2 Å². The zero-order valence-electron chi connectivity index (χ0n) is 11.5. The number of nitrogens with zero attached hydrogens (tertiary/aromatic N) is 3. The lowest BCUT2D eigenvalue weighted by Gasteiger charge is -2.19. The first-order valence-corrected chi connectivity index (χ1v) is 6.30. The normalized spacial score (nSPS) is 11.8. The van der Waals surface area contributed by atoms with Crippen molar-refractivity contribution in [3.63, 3.8) is 0 Å². The number of aromatic nitrogens is 3. The summed E-state index contributed by atoms with van der Waals surface area (Å²) in [5, 5.41) is 7.72. The fourth-order valence-corrected chi connectivity index (χ4v) is 1.61. The highest BCUT2D eigenvalue weighted by Gasteiger charge is 2.10. The molecular weight excluding hydrogens is 243 g/mol. The molecule has 0 aliphatic carbocycles. The molecule has 2 rings (SSSR count). The van der Waals surface area contributed by atoms with Gasteiger partial charge in [-0.3, -0.25) is 0 Å². The molecule has 4 nitrogen and oxygen atoms in total. The van der Waals surface area contributed by atoms with E-state index in [9.17, 15) is 4.39 Å². The number of halogens is 1. The van der Waals surface area contributed by atoms with Crippen LogP contribution in [0.25, 0.3) is 0 Å². The summed E-state index contributed by atoms with van der Waals surface area (Å²) >= 11 is 0. The maximum absolute atomic E-state index is 12.8. The summed E-state index contributed by atoms with van der Waals surface area (Å²) in [6.45, 7) is 7.54. The smallest absolute Gasteiger partial charge is 0.164 e. The molecule has 1 aromatic carbocycles. The second kappa shape index (κ2) is 5.48. The van der Waals surface area contributed by atoms with Gasteiger partial charge in [-0.25, -0.2) is 14.1 Å². The van der Waals surface area contributed by atoms with Crippen LogP contribution < -0.4 is 5.32 Å². The first kappa shape index (κ1) is 13.7. The van der Waals surface area contributed by atoms with Crippen molar-refractivity contribution in [3.8, 4) is 0 Å². The summed E-state index contributed by atoms with van der Waals surface area (Å²) in [7, 11) is 0. The zero-order valence-corrected chi connectivity index (χ0v) is 11.5. The van der Waals surface area contributed by atoms with E-state index >= 15 is 0 Å². The van der Waals surface area contributed by atoms with Crippen LogP contribution in [-0.2, 0) is 13.1 Å². The van der Waals surface area contributed by atoms with Gasteiger partial charge < -0.3 is 5.32 Å². The molecule has 0 radical (unpaired) electrons. The quantitative estimate of drug-likeness (QED) is 0.919. The number of hydrogen-bond donors (Lipinski definition) is 1. The third-order valence-electron chi connectivity index (χ3n) is 2.62. The van der Waals surface area contributed by atoms with Crippen LogP contribution >= 0.6 is 0 Å². The van der Waals surface area contributed by atoms with Crippen molar-refractivity contribution in [1.29, 1.82) is 0 Å². The molecule has 0 atom stereocenters. The van der Waals surface area contributed by atoms with Crippen molar-refractivity contribution in [3.05, 3.63) is 47.8 Å². The third-order valence-corrected chi connectivity index (χ3v) is 2.62. The number of benzene rings is 1. The number of hydrogen-bond acceptors (Lipinski definition) is 3. The fraction of sp³-hybridized carbons (Fsp3) is 0.429. The SMILES string of the molecule is CC(C)(C)NCc1ncn(Cc2ccc(F)cc2)n1. The Balaban J connectivity index is 1.95. The van der Waals surface area contributed by atoms with E-state index < -0.39 is 0 Å². The van der Waals surface area contributed by atoms with Crippen LogP contribution in [0.2, 0.25) is 0 Å². The molecule has 1 aromatic heterocycles. The van der Waals surface area contributed by atoms with Crippen LogP contribution in [0.5, 0.6) is 0 Å². The van der Waals surface area contributed by atoms with Crippen molar-refractivity contribution in [1.82, 2.24) is 20.1 Å². The van der Waals surface area contributed by atoms with Crippen molar-refractivity contribution in [2.75, 3.05) is 0 Å². The summed E-state index contributed by atoms with van der Waals surface area (Å²) in [6, 6.07) is 6.41. The predicted molar refractivity (Wildman–Crippen MR) is 72.1 cm³/mol. The summed E-state index contributed by atoms with van der Waals surface area (Å²) < 4.78 is 14.6. The lowest BCUT2D eigenvalue weighted by molar-refractivity contribution is 0.417. The van der Waals surface area contributed by atoms with Gasteiger partial charge >= 0.3 is 0 Å². The Morgan fingerprint density at radius 2 is 1.89 bits per heavy atom. The van der Waals surface area contributed by atoms with E-state index in [4.69, 9.17) is 0 Å². The summed E-state index contributed by atoms with van der Waals surface area (Å²) in [5.41, 5.74) is 1.05. The van der Waals surface area contributed by atoms with Gasteiger partial charge in [-0.15, -0.1) is 0 Å². The molecule has 2 aromatic rings. The first-order valence-electron chi connectivity index (χ1n) is 6.30. The Bertz CT molecular complexity index is 525. The fourth-order valence-electron chi connectivity index (χ4n) is 1.61. The average Bonchev–Trinajstić information content (AvgIpc) is 2.77. The van der Waals surface area contributed by atoms with E-state index in [1.54, 1.807) is 23.1 Å². The lowest BCUT2D eigenvalue weighted by atomic mass is 10.1. The molecule has 0 aliphatic rings. The number of nitrogens with one attached hydrogen (secondary N) is 1. The number of rotatable bonds is 4.